The van der Waals surface area contributed by atoms with Crippen LogP contribution in [0.15, 0.2) is 24.3 Å². The zero-order valence-electron chi connectivity index (χ0n) is 14.9. The van der Waals surface area contributed by atoms with Gasteiger partial charge in [0.25, 0.3) is 0 Å². The Morgan fingerprint density at radius 3 is 1.06 bits per heavy atom. The molecule has 0 fully saturated rings. The average molecular weight is 728 g/mol. The number of ether oxygens (including phenoxy) is 1. The van der Waals surface area contributed by atoms with Crippen molar-refractivity contribution < 1.29 is 4.74 Å². The predicted molar refractivity (Wildman–Crippen MR) is 141 cm³/mol. The average Bonchev–Trinajstić information content (AvgIpc) is 2.78. The van der Waals surface area contributed by atoms with E-state index in [1.54, 1.807) is 19.2 Å². The Kier molecular flexibility index (Phi) is 9.36. The maximum atomic E-state index is 6.63. The van der Waals surface area contributed by atoms with E-state index in [9.17, 15) is 0 Å². The molecule has 0 N–H and O–H groups in total. The van der Waals surface area contributed by atoms with Crippen LogP contribution in [0.5, 0.6) is 5.75 Å². The van der Waals surface area contributed by atoms with Crippen LogP contribution in [0.4, 0.5) is 0 Å². The fourth-order valence-corrected chi connectivity index (χ4v) is 14.9. The summed E-state index contributed by atoms with van der Waals surface area (Å²) < 4.78 is 7.10. The normalized spacial score (nSPS) is 11.4. The van der Waals surface area contributed by atoms with Crippen molar-refractivity contribution in [1.82, 2.24) is 0 Å². The number of halogens is 10. The van der Waals surface area contributed by atoms with E-state index in [-0.39, 0.29) is 50.2 Å². The first kappa shape index (κ1) is 26.8. The van der Waals surface area contributed by atoms with Gasteiger partial charge in [0, 0.05) is 0 Å². The van der Waals surface area contributed by atoms with Gasteiger partial charge in [0.15, 0.2) is 0 Å². The summed E-state index contributed by atoms with van der Waals surface area (Å²) in [6.07, 6.45) is 0. The summed E-state index contributed by atoms with van der Waals surface area (Å²) in [5.41, 5.74) is 0. The molecule has 3 aromatic rings. The summed E-state index contributed by atoms with van der Waals surface area (Å²) >= 11 is 61.0. The second kappa shape index (κ2) is 10.8. The van der Waals surface area contributed by atoms with Crippen LogP contribution in [-0.4, -0.2) is 27.3 Å². The Morgan fingerprint density at radius 2 is 0.774 bits per heavy atom. The molecule has 1 nitrogen and oxygen atoms in total. The van der Waals surface area contributed by atoms with E-state index in [1.165, 1.54) is 0 Å². The zero-order valence-corrected chi connectivity index (χ0v) is 25.1. The molecule has 31 heavy (non-hydrogen) atoms. The van der Waals surface area contributed by atoms with E-state index >= 15 is 0 Å². The van der Waals surface area contributed by atoms with Gasteiger partial charge in [-0.1, -0.05) is 0 Å². The third-order valence-corrected chi connectivity index (χ3v) is 17.7. The van der Waals surface area contributed by atoms with Crippen molar-refractivity contribution in [3.05, 3.63) is 74.5 Å². The van der Waals surface area contributed by atoms with Crippen molar-refractivity contribution in [2.75, 3.05) is 7.11 Å². The third-order valence-electron chi connectivity index (χ3n) is 4.15. The second-order valence-electron chi connectivity index (χ2n) is 5.87. The Hall–Kier alpha value is 1.18. The number of hydrogen-bond acceptors (Lipinski definition) is 1. The molecule has 0 aliphatic carbocycles. The van der Waals surface area contributed by atoms with E-state index in [4.69, 9.17) is 121 Å². The fraction of sp³-hybridized carbons (Fsp3) is 0.0526. The van der Waals surface area contributed by atoms with Crippen molar-refractivity contribution in [2.45, 2.75) is 0 Å². The van der Waals surface area contributed by atoms with Crippen LogP contribution in [0.3, 0.4) is 0 Å². The number of rotatable bonds is 4. The molecule has 3 rings (SSSR count). The van der Waals surface area contributed by atoms with E-state index in [2.05, 4.69) is 0 Å². The molecule has 0 aromatic heterocycles. The molecular weight excluding hydrogens is 720 g/mol. The molecule has 0 spiro atoms. The van der Waals surface area contributed by atoms with Crippen molar-refractivity contribution in [3.63, 3.8) is 0 Å². The van der Waals surface area contributed by atoms with Gasteiger partial charge in [-0.3, -0.25) is 0 Å². The van der Waals surface area contributed by atoms with Gasteiger partial charge in [0.05, 0.1) is 0 Å². The molecule has 0 heterocycles. The molecule has 0 unspecified atom stereocenters. The molecular formula is C19H7Cl10OSb. The Balaban J connectivity index is 2.48. The van der Waals surface area contributed by atoms with Crippen LogP contribution in [0.2, 0.25) is 50.2 Å². The second-order valence-corrected chi connectivity index (χ2v) is 15.6. The van der Waals surface area contributed by atoms with Crippen molar-refractivity contribution in [3.8, 4) is 5.75 Å². The van der Waals surface area contributed by atoms with Gasteiger partial charge in [-0.15, -0.1) is 0 Å². The van der Waals surface area contributed by atoms with Gasteiger partial charge in [0.2, 0.25) is 0 Å². The fourth-order valence-electron chi connectivity index (χ4n) is 2.68. The minimum absolute atomic E-state index is 0.0432. The molecule has 0 saturated carbocycles. The number of methoxy groups -OCH3 is 1. The van der Waals surface area contributed by atoms with Gasteiger partial charge < -0.3 is 0 Å². The Morgan fingerprint density at radius 1 is 0.484 bits per heavy atom. The summed E-state index contributed by atoms with van der Waals surface area (Å²) in [4.78, 5) is 0. The summed E-state index contributed by atoms with van der Waals surface area (Å²) in [5, 5.41) is 0.932. The van der Waals surface area contributed by atoms with E-state index < -0.39 is 20.2 Å². The van der Waals surface area contributed by atoms with Crippen LogP contribution in [-0.2, 0) is 0 Å². The first-order chi connectivity index (χ1) is 14.5. The van der Waals surface area contributed by atoms with E-state index in [0.29, 0.717) is 12.8 Å². The van der Waals surface area contributed by atoms with Crippen LogP contribution in [0.25, 0.3) is 0 Å². The van der Waals surface area contributed by atoms with Crippen LogP contribution >= 0.6 is 116 Å². The topological polar surface area (TPSA) is 9.23 Å². The van der Waals surface area contributed by atoms with Crippen molar-refractivity contribution in [2.24, 2.45) is 0 Å². The first-order valence-electron chi connectivity index (χ1n) is 7.99. The number of benzene rings is 3. The van der Waals surface area contributed by atoms with E-state index in [0.717, 1.165) is 3.51 Å². The quantitative estimate of drug-likeness (QED) is 0.149. The third kappa shape index (κ3) is 4.96. The number of hydrogen-bond donors (Lipinski definition) is 0. The monoisotopic (exact) mass is 722 g/mol. The van der Waals surface area contributed by atoms with Crippen LogP contribution in [0, 0.1) is 0 Å². The standard InChI is InChI=1S/C7H7O.2C6Cl5.Sb/c1-8-7-5-3-2-4-6-7;2*7-2-1-3(8)5(10)6(11)4(2)9;/h3-6H,1H3;;;. The summed E-state index contributed by atoms with van der Waals surface area (Å²) in [6.45, 7) is 0. The molecule has 0 radical (unpaired) electrons. The minimum atomic E-state index is -3.30. The van der Waals surface area contributed by atoms with Crippen molar-refractivity contribution >= 4 is 147 Å². The molecule has 12 heteroatoms. The SMILES string of the molecule is COc1cc[c]([Sb]([c]2c(Cl)c(Cl)c(Cl)c(Cl)c2Cl)[c]2c(Cl)c(Cl)c(Cl)c(Cl)c2Cl)cc1. The summed E-state index contributed by atoms with van der Waals surface area (Å²) in [5.74, 6) is 0.651. The molecule has 0 bridgehead atoms. The zero-order chi connectivity index (χ0) is 23.2. The van der Waals surface area contributed by atoms with Gasteiger partial charge in [-0.2, -0.15) is 0 Å². The summed E-state index contributed by atoms with van der Waals surface area (Å²) in [6, 6.07) is 7.28. The Bertz CT molecular complexity index is 1050. The van der Waals surface area contributed by atoms with Crippen molar-refractivity contribution in [1.29, 1.82) is 0 Å². The molecule has 0 saturated heterocycles. The molecule has 0 amide bonds. The first-order valence-corrected chi connectivity index (χ1v) is 15.6. The predicted octanol–water partition coefficient (Wildman–Crippen LogP) is 8.75. The van der Waals surface area contributed by atoms with Crippen LogP contribution < -0.4 is 15.3 Å². The van der Waals surface area contributed by atoms with Gasteiger partial charge >= 0.3 is 239 Å². The summed E-state index contributed by atoms with van der Waals surface area (Å²) in [7, 11) is 1.56. The van der Waals surface area contributed by atoms with Gasteiger partial charge in [0.1, 0.15) is 0 Å². The van der Waals surface area contributed by atoms with Gasteiger partial charge in [-0.05, 0) is 0 Å². The molecule has 3 aromatic carbocycles. The molecule has 0 aliphatic heterocycles. The van der Waals surface area contributed by atoms with Crippen LogP contribution in [0.1, 0.15) is 0 Å². The molecule has 0 atom stereocenters. The van der Waals surface area contributed by atoms with E-state index in [1.807, 2.05) is 12.1 Å². The molecule has 0 aliphatic rings. The molecule has 164 valence electrons. The Labute approximate surface area is 236 Å². The van der Waals surface area contributed by atoms with Gasteiger partial charge in [-0.25, -0.2) is 0 Å². The maximum absolute atomic E-state index is 6.63.